The van der Waals surface area contributed by atoms with Crippen molar-refractivity contribution in [2.75, 3.05) is 13.1 Å². The number of halogens is 1. The molecule has 0 spiro atoms. The molecule has 0 saturated carbocycles. The van der Waals surface area contributed by atoms with Crippen LogP contribution in [0.15, 0.2) is 24.3 Å². The molecule has 1 fully saturated rings. The van der Waals surface area contributed by atoms with E-state index in [0.29, 0.717) is 5.92 Å². The molecule has 1 amide bonds. The Kier molecular flexibility index (Phi) is 4.99. The van der Waals surface area contributed by atoms with E-state index in [9.17, 15) is 9.18 Å². The van der Waals surface area contributed by atoms with Crippen LogP contribution >= 0.6 is 0 Å². The van der Waals surface area contributed by atoms with Crippen molar-refractivity contribution in [2.24, 2.45) is 11.3 Å². The van der Waals surface area contributed by atoms with Gasteiger partial charge in [0.1, 0.15) is 5.82 Å². The number of piperidine rings is 1. The molecule has 1 aliphatic heterocycles. The maximum absolute atomic E-state index is 13.0. The molecular formula is C17H25FN2O. The fourth-order valence-electron chi connectivity index (χ4n) is 2.87. The van der Waals surface area contributed by atoms with Crippen LogP contribution in [0.1, 0.15) is 45.2 Å². The lowest BCUT2D eigenvalue weighted by atomic mass is 9.74. The van der Waals surface area contributed by atoms with Crippen LogP contribution < -0.4 is 10.6 Å². The lowest BCUT2D eigenvalue weighted by Crippen LogP contribution is -2.47. The molecule has 1 unspecified atom stereocenters. The van der Waals surface area contributed by atoms with E-state index in [1.165, 1.54) is 12.1 Å². The van der Waals surface area contributed by atoms with Crippen molar-refractivity contribution >= 4 is 5.91 Å². The molecular weight excluding hydrogens is 267 g/mol. The highest BCUT2D eigenvalue weighted by molar-refractivity contribution is 5.82. The summed E-state index contributed by atoms with van der Waals surface area (Å²) in [6, 6.07) is 6.17. The number of carbonyl (C=O) groups excluding carboxylic acids is 1. The smallest absolute Gasteiger partial charge is 0.226 e. The van der Waals surface area contributed by atoms with Crippen molar-refractivity contribution in [2.45, 2.75) is 39.7 Å². The highest BCUT2D eigenvalue weighted by Gasteiger charge is 2.37. The van der Waals surface area contributed by atoms with Gasteiger partial charge < -0.3 is 10.6 Å². The molecule has 1 aromatic rings. The molecule has 3 nitrogen and oxygen atoms in total. The average molecular weight is 292 g/mol. The second-order valence-electron chi connectivity index (χ2n) is 6.51. The third-order valence-electron chi connectivity index (χ3n) is 4.62. The number of hydrogen-bond donors (Lipinski definition) is 2. The number of carbonyl (C=O) groups is 1. The summed E-state index contributed by atoms with van der Waals surface area (Å²) in [7, 11) is 0. The highest BCUT2D eigenvalue weighted by Crippen LogP contribution is 2.32. The predicted octanol–water partition coefficient (Wildman–Crippen LogP) is 3.03. The Morgan fingerprint density at radius 1 is 1.38 bits per heavy atom. The zero-order valence-electron chi connectivity index (χ0n) is 13.1. The summed E-state index contributed by atoms with van der Waals surface area (Å²) < 4.78 is 13.0. The van der Waals surface area contributed by atoms with Crippen LogP contribution in [0.5, 0.6) is 0 Å². The molecule has 2 rings (SSSR count). The van der Waals surface area contributed by atoms with Gasteiger partial charge in [0.05, 0.1) is 6.04 Å². The average Bonchev–Trinajstić information content (AvgIpc) is 2.48. The van der Waals surface area contributed by atoms with Crippen LogP contribution in [0.2, 0.25) is 0 Å². The Morgan fingerprint density at radius 3 is 2.62 bits per heavy atom. The van der Waals surface area contributed by atoms with Crippen LogP contribution in [0.4, 0.5) is 4.39 Å². The van der Waals surface area contributed by atoms with E-state index in [1.54, 1.807) is 12.1 Å². The monoisotopic (exact) mass is 292 g/mol. The van der Waals surface area contributed by atoms with E-state index in [1.807, 2.05) is 20.8 Å². The Morgan fingerprint density at radius 2 is 2.05 bits per heavy atom. The van der Waals surface area contributed by atoms with Gasteiger partial charge in [-0.2, -0.15) is 0 Å². The van der Waals surface area contributed by atoms with Gasteiger partial charge in [-0.05, 0) is 56.5 Å². The molecule has 1 saturated heterocycles. The second kappa shape index (κ2) is 6.56. The zero-order chi connectivity index (χ0) is 15.5. The molecule has 116 valence electrons. The third kappa shape index (κ3) is 3.82. The molecule has 0 aliphatic carbocycles. The first-order valence-electron chi connectivity index (χ1n) is 7.68. The summed E-state index contributed by atoms with van der Waals surface area (Å²) >= 11 is 0. The first kappa shape index (κ1) is 16.0. The number of amides is 1. The normalized spacial score (nSPS) is 20.9. The molecule has 4 heteroatoms. The molecule has 2 atom stereocenters. The topological polar surface area (TPSA) is 41.1 Å². The predicted molar refractivity (Wildman–Crippen MR) is 82.3 cm³/mol. The maximum Gasteiger partial charge on any atom is 0.226 e. The maximum atomic E-state index is 13.0. The summed E-state index contributed by atoms with van der Waals surface area (Å²) in [6.45, 7) is 7.89. The van der Waals surface area contributed by atoms with Crippen molar-refractivity contribution in [3.8, 4) is 0 Å². The van der Waals surface area contributed by atoms with Gasteiger partial charge in [-0.15, -0.1) is 0 Å². The molecule has 1 aliphatic rings. The van der Waals surface area contributed by atoms with E-state index in [2.05, 4.69) is 10.6 Å². The van der Waals surface area contributed by atoms with Crippen molar-refractivity contribution in [1.82, 2.24) is 10.6 Å². The van der Waals surface area contributed by atoms with Gasteiger partial charge in [0.15, 0.2) is 0 Å². The van der Waals surface area contributed by atoms with Crippen LogP contribution in [-0.2, 0) is 4.79 Å². The van der Waals surface area contributed by atoms with Gasteiger partial charge >= 0.3 is 0 Å². The minimum Gasteiger partial charge on any atom is -0.349 e. The Balaban J connectivity index is 2.00. The number of rotatable bonds is 4. The molecule has 21 heavy (non-hydrogen) atoms. The van der Waals surface area contributed by atoms with E-state index in [0.717, 1.165) is 31.5 Å². The summed E-state index contributed by atoms with van der Waals surface area (Å²) in [6.07, 6.45) is 2.20. The largest absolute Gasteiger partial charge is 0.349 e. The summed E-state index contributed by atoms with van der Waals surface area (Å²) in [5.41, 5.74) is 0.518. The Labute approximate surface area is 126 Å². The standard InChI is InChI=1S/C17H25FN2O/c1-12(13-6-8-15(18)9-7-13)20-16(21)17(2,3)14-5-4-10-19-11-14/h6-9,12,14,19H,4-5,10-11H2,1-3H3,(H,20,21)/t12-,14?/m0/s1. The van der Waals surface area contributed by atoms with E-state index in [4.69, 9.17) is 0 Å². The van der Waals surface area contributed by atoms with Crippen molar-refractivity contribution in [3.05, 3.63) is 35.6 Å². The van der Waals surface area contributed by atoms with Gasteiger partial charge in [0.25, 0.3) is 0 Å². The van der Waals surface area contributed by atoms with E-state index < -0.39 is 5.41 Å². The quantitative estimate of drug-likeness (QED) is 0.895. The van der Waals surface area contributed by atoms with E-state index in [-0.39, 0.29) is 17.8 Å². The summed E-state index contributed by atoms with van der Waals surface area (Å²) in [5, 5.41) is 6.43. The molecule has 0 radical (unpaired) electrons. The number of hydrogen-bond acceptors (Lipinski definition) is 2. The van der Waals surface area contributed by atoms with Gasteiger partial charge in [-0.25, -0.2) is 4.39 Å². The van der Waals surface area contributed by atoms with Gasteiger partial charge in [0, 0.05) is 5.41 Å². The molecule has 0 bridgehead atoms. The lowest BCUT2D eigenvalue weighted by molar-refractivity contribution is -0.133. The SMILES string of the molecule is C[C@H](NC(=O)C(C)(C)C1CCCNC1)c1ccc(F)cc1. The van der Waals surface area contributed by atoms with E-state index >= 15 is 0 Å². The summed E-state index contributed by atoms with van der Waals surface area (Å²) in [4.78, 5) is 12.6. The lowest BCUT2D eigenvalue weighted by Gasteiger charge is -2.36. The van der Waals surface area contributed by atoms with Crippen LogP contribution in [0.3, 0.4) is 0 Å². The second-order valence-corrected chi connectivity index (χ2v) is 6.51. The Bertz CT molecular complexity index is 478. The van der Waals surface area contributed by atoms with Crippen molar-refractivity contribution < 1.29 is 9.18 Å². The zero-order valence-corrected chi connectivity index (χ0v) is 13.1. The van der Waals surface area contributed by atoms with Crippen molar-refractivity contribution in [1.29, 1.82) is 0 Å². The van der Waals surface area contributed by atoms with Gasteiger partial charge in [-0.1, -0.05) is 26.0 Å². The van der Waals surface area contributed by atoms with Crippen molar-refractivity contribution in [3.63, 3.8) is 0 Å². The summed E-state index contributed by atoms with van der Waals surface area (Å²) in [5.74, 6) is 0.158. The minimum absolute atomic E-state index is 0.0630. The number of nitrogens with one attached hydrogen (secondary N) is 2. The number of benzene rings is 1. The molecule has 2 N–H and O–H groups in total. The van der Waals surface area contributed by atoms with Crippen LogP contribution in [0.25, 0.3) is 0 Å². The molecule has 0 aromatic heterocycles. The third-order valence-corrected chi connectivity index (χ3v) is 4.62. The first-order valence-corrected chi connectivity index (χ1v) is 7.68. The van der Waals surface area contributed by atoms with Gasteiger partial charge in [0.2, 0.25) is 5.91 Å². The van der Waals surface area contributed by atoms with Gasteiger partial charge in [-0.3, -0.25) is 4.79 Å². The minimum atomic E-state index is -0.401. The fourth-order valence-corrected chi connectivity index (χ4v) is 2.87. The fraction of sp³-hybridized carbons (Fsp3) is 0.588. The molecule has 1 aromatic carbocycles. The highest BCUT2D eigenvalue weighted by atomic mass is 19.1. The Hall–Kier alpha value is -1.42. The first-order chi connectivity index (χ1) is 9.91. The molecule has 1 heterocycles. The van der Waals surface area contributed by atoms with Crippen LogP contribution in [-0.4, -0.2) is 19.0 Å². The van der Waals surface area contributed by atoms with Crippen LogP contribution in [0, 0.1) is 17.2 Å².